The summed E-state index contributed by atoms with van der Waals surface area (Å²) in [5.74, 6) is 0.0328. The number of nitrogens with zero attached hydrogens (tertiary/aromatic N) is 2. The van der Waals surface area contributed by atoms with Crippen LogP contribution < -0.4 is 5.32 Å². The van der Waals surface area contributed by atoms with Crippen LogP contribution in [0, 0.1) is 6.92 Å². The van der Waals surface area contributed by atoms with Gasteiger partial charge in [-0.2, -0.15) is 0 Å². The van der Waals surface area contributed by atoms with E-state index in [-0.39, 0.29) is 5.91 Å². The maximum absolute atomic E-state index is 12.3. The molecule has 0 fully saturated rings. The number of benzene rings is 2. The van der Waals surface area contributed by atoms with Crippen LogP contribution in [-0.4, -0.2) is 15.3 Å². The molecule has 4 aromatic rings. The fourth-order valence-electron chi connectivity index (χ4n) is 3.18. The number of carbonyl (C=O) groups is 1. The summed E-state index contributed by atoms with van der Waals surface area (Å²) in [7, 11) is 0. The number of aromatic nitrogens is 2. The number of thiazole rings is 1. The topological polar surface area (TPSA) is 46.4 Å². The monoisotopic (exact) mass is 389 g/mol. The van der Waals surface area contributed by atoms with Crippen molar-refractivity contribution in [1.29, 1.82) is 0 Å². The Morgan fingerprint density at radius 1 is 1.07 bits per heavy atom. The fraction of sp³-hybridized carbons (Fsp3) is 0.217. The van der Waals surface area contributed by atoms with Crippen molar-refractivity contribution in [2.75, 3.05) is 5.32 Å². The molecule has 4 nitrogen and oxygen atoms in total. The summed E-state index contributed by atoms with van der Waals surface area (Å²) in [6, 6.07) is 16.4. The van der Waals surface area contributed by atoms with Crippen LogP contribution in [0.2, 0.25) is 0 Å². The molecule has 0 saturated heterocycles. The van der Waals surface area contributed by atoms with Crippen LogP contribution in [0.5, 0.6) is 0 Å². The van der Waals surface area contributed by atoms with E-state index in [9.17, 15) is 4.79 Å². The van der Waals surface area contributed by atoms with E-state index < -0.39 is 0 Å². The molecule has 4 rings (SSSR count). The van der Waals surface area contributed by atoms with E-state index in [1.54, 1.807) is 11.3 Å². The van der Waals surface area contributed by atoms with Crippen molar-refractivity contribution >= 4 is 27.9 Å². The van der Waals surface area contributed by atoms with Crippen LogP contribution in [0.4, 0.5) is 5.69 Å². The first-order valence-electron chi connectivity index (χ1n) is 9.53. The zero-order chi connectivity index (χ0) is 19.5. The van der Waals surface area contributed by atoms with Crippen LogP contribution in [-0.2, 0) is 17.6 Å². The van der Waals surface area contributed by atoms with Crippen LogP contribution in [0.3, 0.4) is 0 Å². The smallest absolute Gasteiger partial charge is 0.224 e. The Bertz CT molecular complexity index is 1090. The van der Waals surface area contributed by atoms with Gasteiger partial charge in [-0.25, -0.2) is 4.98 Å². The van der Waals surface area contributed by atoms with Crippen molar-refractivity contribution in [3.05, 3.63) is 76.9 Å². The minimum absolute atomic E-state index is 0.0328. The van der Waals surface area contributed by atoms with E-state index in [0.717, 1.165) is 34.7 Å². The molecule has 5 heteroatoms. The molecule has 28 heavy (non-hydrogen) atoms. The van der Waals surface area contributed by atoms with Crippen molar-refractivity contribution in [3.8, 4) is 11.3 Å². The molecule has 0 bridgehead atoms. The number of fused-ring (bicyclic) bond motifs is 1. The van der Waals surface area contributed by atoms with Gasteiger partial charge in [-0.05, 0) is 43.0 Å². The molecule has 0 atom stereocenters. The third kappa shape index (κ3) is 3.99. The predicted molar refractivity (Wildman–Crippen MR) is 116 cm³/mol. The number of anilines is 1. The summed E-state index contributed by atoms with van der Waals surface area (Å²) < 4.78 is 2.10. The lowest BCUT2D eigenvalue weighted by Crippen LogP contribution is -2.12. The van der Waals surface area contributed by atoms with E-state index in [1.807, 2.05) is 24.3 Å². The number of hydrogen-bond acceptors (Lipinski definition) is 3. The highest BCUT2D eigenvalue weighted by Crippen LogP contribution is 2.24. The molecule has 0 spiro atoms. The Morgan fingerprint density at radius 3 is 2.46 bits per heavy atom. The maximum atomic E-state index is 12.3. The van der Waals surface area contributed by atoms with Gasteiger partial charge in [0.25, 0.3) is 0 Å². The van der Waals surface area contributed by atoms with Crippen molar-refractivity contribution in [3.63, 3.8) is 0 Å². The lowest BCUT2D eigenvalue weighted by molar-refractivity contribution is -0.116. The lowest BCUT2D eigenvalue weighted by atomic mass is 10.1. The van der Waals surface area contributed by atoms with Gasteiger partial charge in [-0.3, -0.25) is 9.20 Å². The fourth-order valence-corrected chi connectivity index (χ4v) is 4.03. The Labute approximate surface area is 168 Å². The van der Waals surface area contributed by atoms with Gasteiger partial charge >= 0.3 is 0 Å². The van der Waals surface area contributed by atoms with E-state index in [0.29, 0.717) is 6.42 Å². The summed E-state index contributed by atoms with van der Waals surface area (Å²) in [5.41, 5.74) is 6.51. The number of carbonyl (C=O) groups excluding carboxylic acids is 1. The first kappa shape index (κ1) is 18.4. The summed E-state index contributed by atoms with van der Waals surface area (Å²) in [6.07, 6.45) is 4.31. The summed E-state index contributed by atoms with van der Waals surface area (Å²) in [6.45, 7) is 4.22. The number of aryl methyl sites for hydroxylation is 3. The number of hydrogen-bond donors (Lipinski definition) is 1. The van der Waals surface area contributed by atoms with Gasteiger partial charge in [0.2, 0.25) is 5.91 Å². The Kier molecular flexibility index (Phi) is 5.26. The molecule has 0 saturated carbocycles. The second kappa shape index (κ2) is 7.98. The van der Waals surface area contributed by atoms with Crippen molar-refractivity contribution in [2.24, 2.45) is 0 Å². The molecule has 2 heterocycles. The highest BCUT2D eigenvalue weighted by atomic mass is 32.1. The molecule has 0 aliphatic carbocycles. The van der Waals surface area contributed by atoms with Crippen molar-refractivity contribution < 1.29 is 4.79 Å². The predicted octanol–water partition coefficient (Wildman–Crippen LogP) is 5.50. The molecule has 2 aromatic carbocycles. The van der Waals surface area contributed by atoms with Gasteiger partial charge in [0.15, 0.2) is 4.96 Å². The van der Waals surface area contributed by atoms with Gasteiger partial charge in [0.05, 0.1) is 5.69 Å². The molecular weight excluding hydrogens is 366 g/mol. The van der Waals surface area contributed by atoms with E-state index in [1.165, 1.54) is 16.8 Å². The van der Waals surface area contributed by atoms with Gasteiger partial charge < -0.3 is 5.32 Å². The van der Waals surface area contributed by atoms with Crippen LogP contribution in [0.25, 0.3) is 16.2 Å². The van der Waals surface area contributed by atoms with Crippen molar-refractivity contribution in [1.82, 2.24) is 9.38 Å². The van der Waals surface area contributed by atoms with Gasteiger partial charge in [0, 0.05) is 34.9 Å². The van der Waals surface area contributed by atoms with Gasteiger partial charge in [0.1, 0.15) is 0 Å². The summed E-state index contributed by atoms with van der Waals surface area (Å²) >= 11 is 1.64. The van der Waals surface area contributed by atoms with Gasteiger partial charge in [-0.1, -0.05) is 43.3 Å². The number of rotatable bonds is 6. The molecule has 1 amide bonds. The first-order valence-corrected chi connectivity index (χ1v) is 10.4. The van der Waals surface area contributed by atoms with Crippen LogP contribution >= 0.6 is 11.3 Å². The van der Waals surface area contributed by atoms with E-state index in [4.69, 9.17) is 0 Å². The normalized spacial score (nSPS) is 11.1. The Morgan fingerprint density at radius 2 is 1.79 bits per heavy atom. The first-order chi connectivity index (χ1) is 13.6. The number of imidazole rings is 1. The second-order valence-corrected chi connectivity index (χ2v) is 7.79. The number of nitrogens with one attached hydrogen (secondary N) is 1. The maximum Gasteiger partial charge on any atom is 0.224 e. The molecular formula is C23H23N3OS. The Hall–Kier alpha value is -2.92. The zero-order valence-corrected chi connectivity index (χ0v) is 16.9. The molecule has 0 aliphatic heterocycles. The quantitative estimate of drug-likeness (QED) is 0.473. The highest BCUT2D eigenvalue weighted by molar-refractivity contribution is 7.15. The zero-order valence-electron chi connectivity index (χ0n) is 16.1. The molecule has 0 aliphatic rings. The lowest BCUT2D eigenvalue weighted by Gasteiger charge is -2.07. The molecule has 1 N–H and O–H groups in total. The number of amides is 1. The Balaban J connectivity index is 1.36. The average molecular weight is 390 g/mol. The van der Waals surface area contributed by atoms with Crippen LogP contribution in [0.15, 0.2) is 60.1 Å². The molecule has 142 valence electrons. The minimum atomic E-state index is 0.0328. The minimum Gasteiger partial charge on any atom is -0.326 e. The van der Waals surface area contributed by atoms with Crippen molar-refractivity contribution in [2.45, 2.75) is 33.1 Å². The second-order valence-electron chi connectivity index (χ2n) is 6.95. The molecule has 2 aromatic heterocycles. The SMILES string of the molecule is CCc1ccc(CCC(=O)Nc2ccc(-c3cn4c(C)csc4n3)cc2)cc1. The highest BCUT2D eigenvalue weighted by Gasteiger charge is 2.08. The third-order valence-electron chi connectivity index (χ3n) is 4.92. The standard InChI is InChI=1S/C23H23N3OS/c1-3-17-4-6-18(7-5-17)8-13-22(27)24-20-11-9-19(10-12-20)21-14-26-16(2)15-28-23(26)25-21/h4-7,9-12,14-15H,3,8,13H2,1-2H3,(H,24,27). The molecule has 0 unspecified atom stereocenters. The largest absolute Gasteiger partial charge is 0.326 e. The summed E-state index contributed by atoms with van der Waals surface area (Å²) in [5, 5.41) is 5.08. The van der Waals surface area contributed by atoms with E-state index in [2.05, 4.69) is 64.4 Å². The molecule has 0 radical (unpaired) electrons. The third-order valence-corrected chi connectivity index (χ3v) is 5.88. The van der Waals surface area contributed by atoms with E-state index >= 15 is 0 Å². The van der Waals surface area contributed by atoms with Gasteiger partial charge in [-0.15, -0.1) is 11.3 Å². The van der Waals surface area contributed by atoms with Crippen LogP contribution in [0.1, 0.15) is 30.2 Å². The average Bonchev–Trinajstić information content (AvgIpc) is 3.29. The summed E-state index contributed by atoms with van der Waals surface area (Å²) in [4.78, 5) is 17.9.